The minimum absolute atomic E-state index is 0.433. The Morgan fingerprint density at radius 1 is 1.25 bits per heavy atom. The minimum Gasteiger partial charge on any atom is -0.326 e. The zero-order valence-electron chi connectivity index (χ0n) is 11.3. The Hall–Kier alpha value is -1.26. The molecular formula is C15H16ClN3S. The predicted molar refractivity (Wildman–Crippen MR) is 87.6 cm³/mol. The fourth-order valence-electron chi connectivity index (χ4n) is 2.52. The van der Waals surface area contributed by atoms with Crippen LogP contribution in [0.25, 0.3) is 21.9 Å². The average molecular weight is 306 g/mol. The van der Waals surface area contributed by atoms with Gasteiger partial charge in [-0.3, -0.25) is 4.98 Å². The Morgan fingerprint density at radius 3 is 2.90 bits per heavy atom. The van der Waals surface area contributed by atoms with Crippen molar-refractivity contribution < 1.29 is 0 Å². The maximum Gasteiger partial charge on any atom is 0.124 e. The third-order valence-corrected chi connectivity index (χ3v) is 4.34. The van der Waals surface area contributed by atoms with Crippen LogP contribution >= 0.6 is 23.4 Å². The molecule has 20 heavy (non-hydrogen) atoms. The number of fused-ring (bicyclic) bond motifs is 3. The lowest BCUT2D eigenvalue weighted by atomic mass is 10.2. The van der Waals surface area contributed by atoms with Gasteiger partial charge in [0.2, 0.25) is 0 Å². The Morgan fingerprint density at radius 2 is 2.10 bits per heavy atom. The molecule has 2 heterocycles. The number of para-hydroxylation sites is 1. The first kappa shape index (κ1) is 13.7. The molecule has 0 spiro atoms. The van der Waals surface area contributed by atoms with E-state index in [9.17, 15) is 0 Å². The summed E-state index contributed by atoms with van der Waals surface area (Å²) in [5, 5.41) is 1.15. The Balaban J connectivity index is 2.20. The molecule has 1 aromatic carbocycles. The highest BCUT2D eigenvalue weighted by Crippen LogP contribution is 2.25. The molecule has 2 aromatic heterocycles. The van der Waals surface area contributed by atoms with E-state index in [1.54, 1.807) is 0 Å². The molecule has 0 aliphatic carbocycles. The molecule has 0 atom stereocenters. The molecular weight excluding hydrogens is 290 g/mol. The van der Waals surface area contributed by atoms with Crippen molar-refractivity contribution in [3.05, 3.63) is 36.3 Å². The number of nitrogens with zero attached hydrogens (tertiary/aromatic N) is 3. The molecule has 0 unspecified atom stereocenters. The third kappa shape index (κ3) is 2.38. The van der Waals surface area contributed by atoms with Gasteiger partial charge in [0.15, 0.2) is 0 Å². The summed E-state index contributed by atoms with van der Waals surface area (Å²) >= 11 is 7.93. The van der Waals surface area contributed by atoms with E-state index in [2.05, 4.69) is 26.9 Å². The number of imidazole rings is 1. The molecule has 0 aliphatic rings. The fraction of sp³-hybridized carbons (Fsp3) is 0.333. The van der Waals surface area contributed by atoms with E-state index in [-0.39, 0.29) is 0 Å². The third-order valence-electron chi connectivity index (χ3n) is 3.41. The highest BCUT2D eigenvalue weighted by molar-refractivity contribution is 7.98. The van der Waals surface area contributed by atoms with Crippen LogP contribution in [0.5, 0.6) is 0 Å². The summed E-state index contributed by atoms with van der Waals surface area (Å²) in [5.74, 6) is 2.51. The fourth-order valence-corrected chi connectivity index (χ4v) is 3.14. The van der Waals surface area contributed by atoms with Gasteiger partial charge in [0.05, 0.1) is 23.1 Å². The van der Waals surface area contributed by atoms with Crippen LogP contribution in [0.15, 0.2) is 30.5 Å². The SMILES string of the molecule is CSCCCn1c(CCl)nc2cnc3ccccc3c21. The lowest BCUT2D eigenvalue weighted by molar-refractivity contribution is 0.678. The monoisotopic (exact) mass is 305 g/mol. The number of benzene rings is 1. The number of aryl methyl sites for hydroxylation is 1. The van der Waals surface area contributed by atoms with Gasteiger partial charge in [-0.25, -0.2) is 4.98 Å². The zero-order chi connectivity index (χ0) is 13.9. The van der Waals surface area contributed by atoms with E-state index < -0.39 is 0 Å². The molecule has 0 aliphatic heterocycles. The van der Waals surface area contributed by atoms with Crippen molar-refractivity contribution in [2.24, 2.45) is 0 Å². The van der Waals surface area contributed by atoms with Crippen LogP contribution in [0.2, 0.25) is 0 Å². The van der Waals surface area contributed by atoms with Gasteiger partial charge in [0.1, 0.15) is 11.3 Å². The number of hydrogen-bond donors (Lipinski definition) is 0. The molecule has 104 valence electrons. The molecule has 0 bridgehead atoms. The van der Waals surface area contributed by atoms with Gasteiger partial charge in [-0.15, -0.1) is 11.6 Å². The highest BCUT2D eigenvalue weighted by atomic mass is 35.5. The second-order valence-electron chi connectivity index (χ2n) is 4.67. The van der Waals surface area contributed by atoms with Gasteiger partial charge >= 0.3 is 0 Å². The molecule has 0 saturated carbocycles. The number of rotatable bonds is 5. The van der Waals surface area contributed by atoms with Crippen LogP contribution in [-0.4, -0.2) is 26.5 Å². The van der Waals surface area contributed by atoms with E-state index in [1.165, 1.54) is 0 Å². The van der Waals surface area contributed by atoms with Crippen molar-refractivity contribution in [1.82, 2.24) is 14.5 Å². The van der Waals surface area contributed by atoms with E-state index in [0.717, 1.165) is 46.5 Å². The van der Waals surface area contributed by atoms with Gasteiger partial charge < -0.3 is 4.57 Å². The van der Waals surface area contributed by atoms with E-state index in [4.69, 9.17) is 11.6 Å². The lowest BCUT2D eigenvalue weighted by Crippen LogP contribution is -2.03. The topological polar surface area (TPSA) is 30.7 Å². The van der Waals surface area contributed by atoms with Crippen LogP contribution in [0, 0.1) is 0 Å². The Bertz CT molecular complexity index is 738. The summed E-state index contributed by atoms with van der Waals surface area (Å²) in [6, 6.07) is 8.20. The number of thioether (sulfide) groups is 1. The summed E-state index contributed by atoms with van der Waals surface area (Å²) in [5.41, 5.74) is 3.10. The first-order chi connectivity index (χ1) is 9.85. The second-order valence-corrected chi connectivity index (χ2v) is 5.92. The van der Waals surface area contributed by atoms with Crippen molar-refractivity contribution in [3.8, 4) is 0 Å². The number of alkyl halides is 1. The van der Waals surface area contributed by atoms with Gasteiger partial charge in [-0.1, -0.05) is 18.2 Å². The second kappa shape index (κ2) is 6.02. The van der Waals surface area contributed by atoms with E-state index in [1.807, 2.05) is 36.2 Å². The van der Waals surface area contributed by atoms with Crippen LogP contribution in [0.4, 0.5) is 0 Å². The van der Waals surface area contributed by atoms with Gasteiger partial charge in [-0.05, 0) is 24.5 Å². The average Bonchev–Trinajstić information content (AvgIpc) is 2.86. The minimum atomic E-state index is 0.433. The highest BCUT2D eigenvalue weighted by Gasteiger charge is 2.13. The van der Waals surface area contributed by atoms with Crippen LogP contribution in [0.3, 0.4) is 0 Å². The molecule has 3 nitrogen and oxygen atoms in total. The quantitative estimate of drug-likeness (QED) is 0.526. The first-order valence-corrected chi connectivity index (χ1v) is 8.55. The van der Waals surface area contributed by atoms with Crippen molar-refractivity contribution in [1.29, 1.82) is 0 Å². The lowest BCUT2D eigenvalue weighted by Gasteiger charge is -2.08. The van der Waals surface area contributed by atoms with Crippen molar-refractivity contribution in [2.75, 3.05) is 12.0 Å². The smallest absolute Gasteiger partial charge is 0.124 e. The summed E-state index contributed by atoms with van der Waals surface area (Å²) < 4.78 is 2.25. The largest absolute Gasteiger partial charge is 0.326 e. The maximum absolute atomic E-state index is 6.06. The molecule has 5 heteroatoms. The first-order valence-electron chi connectivity index (χ1n) is 6.63. The van der Waals surface area contributed by atoms with Crippen LogP contribution in [0.1, 0.15) is 12.2 Å². The number of hydrogen-bond acceptors (Lipinski definition) is 3. The van der Waals surface area contributed by atoms with Gasteiger partial charge in [-0.2, -0.15) is 11.8 Å². The predicted octanol–water partition coefficient (Wildman–Crippen LogP) is 4.08. The Labute approximate surface area is 127 Å². The van der Waals surface area contributed by atoms with E-state index >= 15 is 0 Å². The molecule has 0 fully saturated rings. The van der Waals surface area contributed by atoms with Crippen molar-refractivity contribution >= 4 is 45.3 Å². The standard InChI is InChI=1S/C15H16ClN3S/c1-20-8-4-7-19-14(9-16)18-13-10-17-12-6-3-2-5-11(12)15(13)19/h2-3,5-6,10H,4,7-9H2,1H3. The van der Waals surface area contributed by atoms with Gasteiger partial charge in [0.25, 0.3) is 0 Å². The summed E-state index contributed by atoms with van der Waals surface area (Å²) in [7, 11) is 0. The molecule has 3 aromatic rings. The summed E-state index contributed by atoms with van der Waals surface area (Å²) in [6.07, 6.45) is 5.10. The van der Waals surface area contributed by atoms with Crippen molar-refractivity contribution in [3.63, 3.8) is 0 Å². The normalized spacial score (nSPS) is 11.5. The summed E-state index contributed by atoms with van der Waals surface area (Å²) in [6.45, 7) is 0.952. The molecule has 0 saturated heterocycles. The summed E-state index contributed by atoms with van der Waals surface area (Å²) in [4.78, 5) is 9.09. The molecule has 0 N–H and O–H groups in total. The zero-order valence-corrected chi connectivity index (χ0v) is 12.9. The van der Waals surface area contributed by atoms with E-state index in [0.29, 0.717) is 5.88 Å². The Kier molecular flexibility index (Phi) is 4.13. The number of pyridine rings is 1. The van der Waals surface area contributed by atoms with Gasteiger partial charge in [0, 0.05) is 11.9 Å². The maximum atomic E-state index is 6.06. The molecule has 3 rings (SSSR count). The molecule has 0 amide bonds. The van der Waals surface area contributed by atoms with Crippen LogP contribution < -0.4 is 0 Å². The number of halogens is 1. The van der Waals surface area contributed by atoms with Crippen molar-refractivity contribution in [2.45, 2.75) is 18.8 Å². The van der Waals surface area contributed by atoms with Crippen LogP contribution in [-0.2, 0) is 12.4 Å². The molecule has 0 radical (unpaired) electrons. The number of aromatic nitrogens is 3.